The number of allylic oxidation sites excluding steroid dienone is 4. The first kappa shape index (κ1) is 8.65. The zero-order valence-corrected chi connectivity index (χ0v) is 8.21. The predicted octanol–water partition coefficient (Wildman–Crippen LogP) is 1.81. The number of hydrogen-bond acceptors (Lipinski definition) is 3. The maximum atomic E-state index is 11.4. The summed E-state index contributed by atoms with van der Waals surface area (Å²) in [7, 11) is 0. The molecule has 0 amide bonds. The molecule has 0 spiro atoms. The van der Waals surface area contributed by atoms with Crippen LogP contribution in [0.1, 0.15) is 25.7 Å². The minimum Gasteiger partial charge on any atom is -0.386 e. The van der Waals surface area contributed by atoms with Crippen molar-refractivity contribution in [2.24, 2.45) is 0 Å². The number of rotatable bonds is 0. The normalized spacial score (nSPS) is 24.3. The second-order valence-corrected chi connectivity index (χ2v) is 4.07. The molecule has 0 radical (unpaired) electrons. The van der Waals surface area contributed by atoms with E-state index < -0.39 is 11.9 Å². The molecular weight excluding hydrogens is 192 g/mol. The van der Waals surface area contributed by atoms with Crippen LogP contribution in [-0.2, 0) is 14.3 Å². The average molecular weight is 202 g/mol. The summed E-state index contributed by atoms with van der Waals surface area (Å²) < 4.78 is 4.62. The van der Waals surface area contributed by atoms with Crippen molar-refractivity contribution in [1.29, 1.82) is 0 Å². The molecule has 3 heteroatoms. The number of hydrogen-bond donors (Lipinski definition) is 0. The molecule has 1 aliphatic heterocycles. The van der Waals surface area contributed by atoms with Crippen LogP contribution in [0, 0.1) is 0 Å². The minimum absolute atomic E-state index is 0.434. The number of ether oxygens (including phenoxy) is 1. The molecule has 0 aromatic carbocycles. The Morgan fingerprint density at radius 1 is 0.867 bits per heavy atom. The lowest BCUT2D eigenvalue weighted by Crippen LogP contribution is -2.09. The molecule has 0 atom stereocenters. The lowest BCUT2D eigenvalue weighted by atomic mass is 9.82. The van der Waals surface area contributed by atoms with E-state index in [9.17, 15) is 9.59 Å². The van der Waals surface area contributed by atoms with Gasteiger partial charge in [0.05, 0.1) is 11.1 Å². The number of carbonyl (C=O) groups excluding carboxylic acids is 2. The van der Waals surface area contributed by atoms with Crippen molar-refractivity contribution >= 4 is 11.9 Å². The van der Waals surface area contributed by atoms with Gasteiger partial charge in [-0.3, -0.25) is 0 Å². The number of cyclic esters (lactones) is 2. The summed E-state index contributed by atoms with van der Waals surface area (Å²) in [5, 5.41) is 0. The van der Waals surface area contributed by atoms with Gasteiger partial charge in [0.2, 0.25) is 0 Å². The molecular formula is C12H10O3. The van der Waals surface area contributed by atoms with Gasteiger partial charge < -0.3 is 4.74 Å². The molecule has 76 valence electrons. The van der Waals surface area contributed by atoms with E-state index in [0.717, 1.165) is 12.8 Å². The molecule has 0 N–H and O–H groups in total. The topological polar surface area (TPSA) is 43.4 Å². The highest BCUT2D eigenvalue weighted by molar-refractivity contribution is 6.13. The van der Waals surface area contributed by atoms with Crippen molar-refractivity contribution in [3.8, 4) is 0 Å². The van der Waals surface area contributed by atoms with Crippen molar-refractivity contribution in [3.63, 3.8) is 0 Å². The van der Waals surface area contributed by atoms with Gasteiger partial charge in [0, 0.05) is 12.8 Å². The first-order chi connectivity index (χ1) is 7.25. The SMILES string of the molecule is O=C1OC(=O)C2=C1CC1=C(CC=CC1)C2. The third-order valence-electron chi connectivity index (χ3n) is 3.22. The summed E-state index contributed by atoms with van der Waals surface area (Å²) >= 11 is 0. The van der Waals surface area contributed by atoms with Crippen LogP contribution in [0.15, 0.2) is 34.4 Å². The second-order valence-electron chi connectivity index (χ2n) is 4.07. The van der Waals surface area contributed by atoms with E-state index in [2.05, 4.69) is 16.9 Å². The average Bonchev–Trinajstić information content (AvgIpc) is 2.52. The maximum Gasteiger partial charge on any atom is 0.342 e. The standard InChI is InChI=1S/C12H10O3/c13-11-9-5-7-3-1-2-4-8(7)6-10(9)12(14)15-11/h1-2H,3-6H2. The van der Waals surface area contributed by atoms with Gasteiger partial charge in [-0.25, -0.2) is 9.59 Å². The summed E-state index contributed by atoms with van der Waals surface area (Å²) in [4.78, 5) is 22.7. The molecule has 0 fully saturated rings. The highest BCUT2D eigenvalue weighted by Crippen LogP contribution is 2.39. The summed E-state index contributed by atoms with van der Waals surface area (Å²) in [6.45, 7) is 0. The van der Waals surface area contributed by atoms with Gasteiger partial charge in [-0.1, -0.05) is 23.3 Å². The molecule has 2 aliphatic carbocycles. The molecule has 1 heterocycles. The van der Waals surface area contributed by atoms with Gasteiger partial charge in [0.1, 0.15) is 0 Å². The van der Waals surface area contributed by atoms with Crippen LogP contribution in [0.3, 0.4) is 0 Å². The van der Waals surface area contributed by atoms with Crippen molar-refractivity contribution in [3.05, 3.63) is 34.4 Å². The smallest absolute Gasteiger partial charge is 0.342 e. The lowest BCUT2D eigenvalue weighted by Gasteiger charge is -2.20. The van der Waals surface area contributed by atoms with E-state index in [0.29, 0.717) is 24.0 Å². The van der Waals surface area contributed by atoms with Crippen molar-refractivity contribution in [2.45, 2.75) is 25.7 Å². The Morgan fingerprint density at radius 3 is 1.80 bits per heavy atom. The highest BCUT2D eigenvalue weighted by atomic mass is 16.6. The van der Waals surface area contributed by atoms with E-state index in [1.165, 1.54) is 11.1 Å². The van der Waals surface area contributed by atoms with Crippen LogP contribution in [0.5, 0.6) is 0 Å². The largest absolute Gasteiger partial charge is 0.386 e. The molecule has 3 nitrogen and oxygen atoms in total. The minimum atomic E-state index is -0.434. The summed E-state index contributed by atoms with van der Waals surface area (Å²) in [5.74, 6) is -0.868. The van der Waals surface area contributed by atoms with Gasteiger partial charge in [-0.15, -0.1) is 0 Å². The van der Waals surface area contributed by atoms with Gasteiger partial charge >= 0.3 is 11.9 Å². The van der Waals surface area contributed by atoms with E-state index in [-0.39, 0.29) is 0 Å². The maximum absolute atomic E-state index is 11.4. The van der Waals surface area contributed by atoms with Crippen LogP contribution in [-0.4, -0.2) is 11.9 Å². The van der Waals surface area contributed by atoms with Gasteiger partial charge in [-0.05, 0) is 12.8 Å². The first-order valence-electron chi connectivity index (χ1n) is 5.09. The molecule has 0 aromatic heterocycles. The fraction of sp³-hybridized carbons (Fsp3) is 0.333. The fourth-order valence-electron chi connectivity index (χ4n) is 2.37. The van der Waals surface area contributed by atoms with Crippen LogP contribution in [0.25, 0.3) is 0 Å². The number of carbonyl (C=O) groups is 2. The Morgan fingerprint density at radius 2 is 1.33 bits per heavy atom. The van der Waals surface area contributed by atoms with Gasteiger partial charge in [0.15, 0.2) is 0 Å². The van der Waals surface area contributed by atoms with E-state index in [1.807, 2.05) is 0 Å². The fourth-order valence-corrected chi connectivity index (χ4v) is 2.37. The molecule has 0 saturated heterocycles. The molecule has 3 rings (SSSR count). The monoisotopic (exact) mass is 202 g/mol. The molecule has 0 saturated carbocycles. The van der Waals surface area contributed by atoms with Gasteiger partial charge in [0.25, 0.3) is 0 Å². The van der Waals surface area contributed by atoms with E-state index >= 15 is 0 Å². The third kappa shape index (κ3) is 1.19. The lowest BCUT2D eigenvalue weighted by molar-refractivity contribution is -0.151. The Balaban J connectivity index is 1.97. The summed E-state index contributed by atoms with van der Waals surface area (Å²) in [5.41, 5.74) is 3.77. The molecule has 15 heavy (non-hydrogen) atoms. The van der Waals surface area contributed by atoms with Crippen molar-refractivity contribution < 1.29 is 14.3 Å². The molecule has 3 aliphatic rings. The zero-order valence-electron chi connectivity index (χ0n) is 8.21. The van der Waals surface area contributed by atoms with Crippen molar-refractivity contribution in [1.82, 2.24) is 0 Å². The Labute approximate surface area is 87.1 Å². The number of esters is 2. The molecule has 0 bridgehead atoms. The predicted molar refractivity (Wildman–Crippen MR) is 52.8 cm³/mol. The van der Waals surface area contributed by atoms with Crippen LogP contribution in [0.2, 0.25) is 0 Å². The Bertz CT molecular complexity index is 423. The molecule has 0 aromatic rings. The Kier molecular flexibility index (Phi) is 1.69. The third-order valence-corrected chi connectivity index (χ3v) is 3.22. The quantitative estimate of drug-likeness (QED) is 0.342. The van der Waals surface area contributed by atoms with Gasteiger partial charge in [-0.2, -0.15) is 0 Å². The van der Waals surface area contributed by atoms with Crippen molar-refractivity contribution in [2.75, 3.05) is 0 Å². The second kappa shape index (κ2) is 2.92. The van der Waals surface area contributed by atoms with Crippen LogP contribution < -0.4 is 0 Å². The van der Waals surface area contributed by atoms with Crippen LogP contribution >= 0.6 is 0 Å². The van der Waals surface area contributed by atoms with Crippen LogP contribution in [0.4, 0.5) is 0 Å². The Hall–Kier alpha value is -1.64. The summed E-state index contributed by atoms with van der Waals surface area (Å²) in [6, 6.07) is 0. The molecule has 0 unspecified atom stereocenters. The summed E-state index contributed by atoms with van der Waals surface area (Å²) in [6.07, 6.45) is 7.28. The van der Waals surface area contributed by atoms with E-state index in [4.69, 9.17) is 0 Å². The van der Waals surface area contributed by atoms with E-state index in [1.54, 1.807) is 0 Å². The zero-order chi connectivity index (χ0) is 10.4. The first-order valence-corrected chi connectivity index (χ1v) is 5.09. The highest BCUT2D eigenvalue weighted by Gasteiger charge is 2.36.